The third-order valence-corrected chi connectivity index (χ3v) is 6.72. The second-order valence-corrected chi connectivity index (χ2v) is 8.32. The summed E-state index contributed by atoms with van der Waals surface area (Å²) in [5, 5.41) is 4.83. The number of rotatable bonds is 4. The van der Waals surface area contributed by atoms with Gasteiger partial charge in [-0.1, -0.05) is 0 Å². The van der Waals surface area contributed by atoms with Crippen LogP contribution in [0.1, 0.15) is 33.0 Å². The van der Waals surface area contributed by atoms with Gasteiger partial charge in [0, 0.05) is 31.1 Å². The van der Waals surface area contributed by atoms with Crippen LogP contribution in [0.25, 0.3) is 0 Å². The maximum absolute atomic E-state index is 12.3. The Morgan fingerprint density at radius 3 is 2.85 bits per heavy atom. The average molecular weight is 406 g/mol. The molecule has 1 N–H and O–H groups in total. The lowest BCUT2D eigenvalue weighted by Crippen LogP contribution is -2.49. The summed E-state index contributed by atoms with van der Waals surface area (Å²) in [4.78, 5) is 18.1. The lowest BCUT2D eigenvalue weighted by molar-refractivity contribution is 0.0601. The highest BCUT2D eigenvalue weighted by Gasteiger charge is 2.28. The zero-order chi connectivity index (χ0) is 18.8. The number of carbonyl (C=O) groups excluding carboxylic acids is 1. The molecule has 1 fully saturated rings. The fourth-order valence-corrected chi connectivity index (χ4v) is 5.34. The number of thiophene rings is 1. The monoisotopic (exact) mass is 405 g/mol. The summed E-state index contributed by atoms with van der Waals surface area (Å²) in [5.41, 5.74) is 1.81. The van der Waals surface area contributed by atoms with Crippen molar-refractivity contribution in [3.05, 3.63) is 40.2 Å². The Bertz CT molecular complexity index is 824. The second-order valence-electron chi connectivity index (χ2n) is 6.83. The summed E-state index contributed by atoms with van der Waals surface area (Å²) >= 11 is 7.27. The second kappa shape index (κ2) is 8.00. The molecule has 1 saturated heterocycles. The lowest BCUT2D eigenvalue weighted by atomic mass is 10.1. The topological polar surface area (TPSA) is 58.0 Å². The molecule has 0 bridgehead atoms. The molecule has 0 atom stereocenters. The van der Waals surface area contributed by atoms with Gasteiger partial charge < -0.3 is 19.4 Å². The SMILES string of the molecule is COC(=O)c1c(NC(=S)N2CCN(Cc3ccco3)CC2)sc2c1CCC2. The fraction of sp³-hybridized carbons (Fsp3) is 0.474. The molecule has 2 aliphatic rings. The van der Waals surface area contributed by atoms with Crippen molar-refractivity contribution in [2.75, 3.05) is 38.6 Å². The molecule has 0 radical (unpaired) electrons. The normalized spacial score (nSPS) is 17.0. The number of carbonyl (C=O) groups is 1. The largest absolute Gasteiger partial charge is 0.468 e. The summed E-state index contributed by atoms with van der Waals surface area (Å²) in [6, 6.07) is 3.92. The minimum absolute atomic E-state index is 0.275. The number of nitrogens with zero attached hydrogens (tertiary/aromatic N) is 2. The Labute approximate surface area is 168 Å². The highest BCUT2D eigenvalue weighted by Crippen LogP contribution is 2.39. The van der Waals surface area contributed by atoms with Crippen molar-refractivity contribution in [1.29, 1.82) is 0 Å². The van der Waals surface area contributed by atoms with Crippen LogP contribution in [0.2, 0.25) is 0 Å². The first kappa shape index (κ1) is 18.5. The number of anilines is 1. The van der Waals surface area contributed by atoms with E-state index in [9.17, 15) is 4.79 Å². The van der Waals surface area contributed by atoms with Crippen LogP contribution in [-0.4, -0.2) is 54.2 Å². The summed E-state index contributed by atoms with van der Waals surface area (Å²) in [6.07, 6.45) is 4.79. The van der Waals surface area contributed by atoms with E-state index in [1.54, 1.807) is 17.6 Å². The summed E-state index contributed by atoms with van der Waals surface area (Å²) < 4.78 is 10.4. The third-order valence-electron chi connectivity index (χ3n) is 5.15. The fourth-order valence-electron chi connectivity index (χ4n) is 3.72. The van der Waals surface area contributed by atoms with Crippen molar-refractivity contribution in [3.8, 4) is 0 Å². The Morgan fingerprint density at radius 1 is 1.33 bits per heavy atom. The van der Waals surface area contributed by atoms with Gasteiger partial charge in [0.2, 0.25) is 0 Å². The minimum atomic E-state index is -0.275. The van der Waals surface area contributed by atoms with Gasteiger partial charge in [0.25, 0.3) is 0 Å². The van der Waals surface area contributed by atoms with Gasteiger partial charge >= 0.3 is 5.97 Å². The van der Waals surface area contributed by atoms with Gasteiger partial charge in [-0.15, -0.1) is 11.3 Å². The molecule has 0 spiro atoms. The van der Waals surface area contributed by atoms with Crippen LogP contribution in [0.4, 0.5) is 5.00 Å². The molecule has 1 aliphatic heterocycles. The van der Waals surface area contributed by atoms with E-state index >= 15 is 0 Å². The van der Waals surface area contributed by atoms with Gasteiger partial charge in [-0.05, 0) is 49.2 Å². The van der Waals surface area contributed by atoms with E-state index in [-0.39, 0.29) is 5.97 Å². The molecule has 6 nitrogen and oxygen atoms in total. The molecule has 0 saturated carbocycles. The van der Waals surface area contributed by atoms with E-state index in [2.05, 4.69) is 15.1 Å². The molecular formula is C19H23N3O3S2. The molecule has 0 unspecified atom stereocenters. The van der Waals surface area contributed by atoms with Crippen LogP contribution in [0.5, 0.6) is 0 Å². The summed E-state index contributed by atoms with van der Waals surface area (Å²) in [6.45, 7) is 4.38. The maximum Gasteiger partial charge on any atom is 0.341 e. The first-order valence-electron chi connectivity index (χ1n) is 9.19. The number of furan rings is 1. The van der Waals surface area contributed by atoms with E-state index in [4.69, 9.17) is 21.4 Å². The Morgan fingerprint density at radius 2 is 2.15 bits per heavy atom. The number of hydrogen-bond acceptors (Lipinski definition) is 6. The van der Waals surface area contributed by atoms with Crippen molar-refractivity contribution in [2.45, 2.75) is 25.8 Å². The average Bonchev–Trinajstić information content (AvgIpc) is 3.39. The third kappa shape index (κ3) is 3.88. The van der Waals surface area contributed by atoms with Crippen molar-refractivity contribution >= 4 is 39.6 Å². The van der Waals surface area contributed by atoms with E-state index in [0.29, 0.717) is 10.7 Å². The Balaban J connectivity index is 1.38. The molecule has 27 heavy (non-hydrogen) atoms. The van der Waals surface area contributed by atoms with E-state index in [1.165, 1.54) is 12.0 Å². The maximum atomic E-state index is 12.3. The predicted molar refractivity (Wildman–Crippen MR) is 109 cm³/mol. The number of nitrogens with one attached hydrogen (secondary N) is 1. The van der Waals surface area contributed by atoms with Crippen LogP contribution in [0.3, 0.4) is 0 Å². The number of hydrogen-bond donors (Lipinski definition) is 1. The number of aryl methyl sites for hydroxylation is 1. The van der Waals surface area contributed by atoms with Crippen LogP contribution in [0, 0.1) is 0 Å². The first-order valence-corrected chi connectivity index (χ1v) is 10.4. The van der Waals surface area contributed by atoms with Crippen molar-refractivity contribution in [3.63, 3.8) is 0 Å². The zero-order valence-electron chi connectivity index (χ0n) is 15.3. The van der Waals surface area contributed by atoms with Crippen molar-refractivity contribution in [2.24, 2.45) is 0 Å². The highest BCUT2D eigenvalue weighted by atomic mass is 32.1. The Kier molecular flexibility index (Phi) is 5.47. The Hall–Kier alpha value is -1.90. The highest BCUT2D eigenvalue weighted by molar-refractivity contribution is 7.80. The zero-order valence-corrected chi connectivity index (χ0v) is 17.0. The molecule has 2 aromatic rings. The molecule has 144 valence electrons. The summed E-state index contributed by atoms with van der Waals surface area (Å²) in [7, 11) is 1.43. The van der Waals surface area contributed by atoms with Gasteiger partial charge in [0.05, 0.1) is 25.5 Å². The number of esters is 1. The molecule has 8 heteroatoms. The molecule has 0 aromatic carbocycles. The minimum Gasteiger partial charge on any atom is -0.468 e. The van der Waals surface area contributed by atoms with Crippen molar-refractivity contribution in [1.82, 2.24) is 9.80 Å². The van der Waals surface area contributed by atoms with Gasteiger partial charge in [0.15, 0.2) is 5.11 Å². The van der Waals surface area contributed by atoms with Crippen LogP contribution in [-0.2, 0) is 24.1 Å². The molecule has 4 rings (SSSR count). The van der Waals surface area contributed by atoms with Crippen LogP contribution in [0.15, 0.2) is 22.8 Å². The first-order chi connectivity index (χ1) is 13.2. The van der Waals surface area contributed by atoms with Gasteiger partial charge in [-0.25, -0.2) is 4.79 Å². The van der Waals surface area contributed by atoms with Gasteiger partial charge in [-0.3, -0.25) is 4.90 Å². The van der Waals surface area contributed by atoms with Gasteiger partial charge in [0.1, 0.15) is 10.8 Å². The number of piperazine rings is 1. The van der Waals surface area contributed by atoms with Gasteiger partial charge in [-0.2, -0.15) is 0 Å². The molecule has 3 heterocycles. The van der Waals surface area contributed by atoms with E-state index in [0.717, 1.165) is 68.3 Å². The van der Waals surface area contributed by atoms with E-state index in [1.807, 2.05) is 12.1 Å². The molecular weight excluding hydrogens is 382 g/mol. The number of fused-ring (bicyclic) bond motifs is 1. The molecule has 0 amide bonds. The van der Waals surface area contributed by atoms with Crippen LogP contribution >= 0.6 is 23.6 Å². The predicted octanol–water partition coefficient (Wildman–Crippen LogP) is 3.13. The number of thiocarbonyl (C=S) groups is 1. The molecule has 2 aromatic heterocycles. The van der Waals surface area contributed by atoms with Crippen LogP contribution < -0.4 is 5.32 Å². The number of methoxy groups -OCH3 is 1. The summed E-state index contributed by atoms with van der Waals surface area (Å²) in [5.74, 6) is 0.711. The standard InChI is InChI=1S/C19H23N3O3S2/c1-24-18(23)16-14-5-2-6-15(14)27-17(16)20-19(26)22-9-7-21(8-10-22)12-13-4-3-11-25-13/h3-4,11H,2,5-10,12H2,1H3,(H,20,26). The lowest BCUT2D eigenvalue weighted by Gasteiger charge is -2.35. The number of ether oxygens (including phenoxy) is 1. The van der Waals surface area contributed by atoms with E-state index < -0.39 is 0 Å². The molecule has 1 aliphatic carbocycles. The smallest absolute Gasteiger partial charge is 0.341 e. The van der Waals surface area contributed by atoms with Crippen molar-refractivity contribution < 1.29 is 13.9 Å². The quantitative estimate of drug-likeness (QED) is 0.619.